The van der Waals surface area contributed by atoms with Crippen molar-refractivity contribution in [2.45, 2.75) is 39.0 Å². The summed E-state index contributed by atoms with van der Waals surface area (Å²) in [6.07, 6.45) is 4.05. The van der Waals surface area contributed by atoms with E-state index in [0.29, 0.717) is 6.61 Å². The molecule has 2 heterocycles. The Hall–Kier alpha value is -0.910. The molecule has 102 valence electrons. The highest BCUT2D eigenvalue weighted by atomic mass is 16.5. The van der Waals surface area contributed by atoms with Gasteiger partial charge in [0.05, 0.1) is 12.8 Å². The Bertz CT molecular complexity index is 365. The van der Waals surface area contributed by atoms with Gasteiger partial charge < -0.3 is 9.84 Å². The van der Waals surface area contributed by atoms with Crippen molar-refractivity contribution >= 4 is 0 Å². The van der Waals surface area contributed by atoms with E-state index in [0.717, 1.165) is 38.2 Å². The molecule has 0 spiro atoms. The average Bonchev–Trinajstić information content (AvgIpc) is 2.87. The lowest BCUT2D eigenvalue weighted by molar-refractivity contribution is -0.0898. The van der Waals surface area contributed by atoms with E-state index in [1.807, 2.05) is 17.8 Å². The number of rotatable bonds is 5. The molecule has 5 heteroatoms. The molecule has 18 heavy (non-hydrogen) atoms. The maximum Gasteiger partial charge on any atom is 0.109 e. The molecule has 1 aliphatic heterocycles. The fourth-order valence-corrected chi connectivity index (χ4v) is 2.36. The van der Waals surface area contributed by atoms with E-state index in [-0.39, 0.29) is 6.10 Å². The van der Waals surface area contributed by atoms with E-state index in [1.54, 1.807) is 6.20 Å². The van der Waals surface area contributed by atoms with Crippen LogP contribution in [0.3, 0.4) is 0 Å². The fraction of sp³-hybridized carbons (Fsp3) is 0.769. The number of aliphatic hydroxyl groups excluding tert-OH is 1. The second-order valence-electron chi connectivity index (χ2n) is 4.78. The third kappa shape index (κ3) is 3.10. The minimum atomic E-state index is -0.579. The van der Waals surface area contributed by atoms with E-state index >= 15 is 0 Å². The van der Waals surface area contributed by atoms with Crippen LogP contribution in [0.5, 0.6) is 0 Å². The highest BCUT2D eigenvalue weighted by Gasteiger charge is 2.28. The number of ether oxygens (including phenoxy) is 1. The second kappa shape index (κ2) is 6.31. The summed E-state index contributed by atoms with van der Waals surface area (Å²) in [6, 6.07) is 0. The van der Waals surface area contributed by atoms with Gasteiger partial charge in [-0.25, -0.2) is 0 Å². The summed E-state index contributed by atoms with van der Waals surface area (Å²) in [7, 11) is 0. The number of hydrogen-bond acceptors (Lipinski definition) is 4. The monoisotopic (exact) mass is 253 g/mol. The predicted octanol–water partition coefficient (Wildman–Crippen LogP) is 1.05. The van der Waals surface area contributed by atoms with Gasteiger partial charge >= 0.3 is 0 Å². The third-order valence-electron chi connectivity index (χ3n) is 3.39. The van der Waals surface area contributed by atoms with Crippen LogP contribution in [0.15, 0.2) is 12.4 Å². The van der Waals surface area contributed by atoms with Crippen LogP contribution in [0.1, 0.15) is 31.9 Å². The lowest BCUT2D eigenvalue weighted by Gasteiger charge is -2.34. The Morgan fingerprint density at radius 1 is 1.56 bits per heavy atom. The van der Waals surface area contributed by atoms with Crippen molar-refractivity contribution in [2.75, 3.05) is 26.2 Å². The largest absolute Gasteiger partial charge is 0.386 e. The zero-order valence-electron chi connectivity index (χ0n) is 11.2. The van der Waals surface area contributed by atoms with Crippen LogP contribution < -0.4 is 0 Å². The number of morpholine rings is 1. The number of aryl methyl sites for hydroxylation is 1. The molecular weight excluding hydrogens is 230 g/mol. The van der Waals surface area contributed by atoms with Crippen LogP contribution in [-0.4, -0.2) is 52.1 Å². The summed E-state index contributed by atoms with van der Waals surface area (Å²) in [4.78, 5) is 2.35. The molecule has 1 fully saturated rings. The van der Waals surface area contributed by atoms with Crippen molar-refractivity contribution in [3.05, 3.63) is 18.0 Å². The van der Waals surface area contributed by atoms with E-state index in [4.69, 9.17) is 4.74 Å². The van der Waals surface area contributed by atoms with Crippen molar-refractivity contribution in [3.63, 3.8) is 0 Å². The minimum absolute atomic E-state index is 0.139. The molecule has 0 amide bonds. The van der Waals surface area contributed by atoms with Gasteiger partial charge in [0.25, 0.3) is 0 Å². The molecule has 1 N–H and O–H groups in total. The predicted molar refractivity (Wildman–Crippen MR) is 69.3 cm³/mol. The molecule has 1 saturated heterocycles. The molecule has 2 atom stereocenters. The first kappa shape index (κ1) is 13.5. The quantitative estimate of drug-likeness (QED) is 0.852. The van der Waals surface area contributed by atoms with Gasteiger partial charge in [-0.05, 0) is 19.9 Å². The number of aromatic nitrogens is 2. The second-order valence-corrected chi connectivity index (χ2v) is 4.78. The van der Waals surface area contributed by atoms with Gasteiger partial charge in [0.15, 0.2) is 0 Å². The third-order valence-corrected chi connectivity index (χ3v) is 3.39. The Morgan fingerprint density at radius 3 is 3.06 bits per heavy atom. The minimum Gasteiger partial charge on any atom is -0.386 e. The van der Waals surface area contributed by atoms with Gasteiger partial charge in [0.2, 0.25) is 0 Å². The fourth-order valence-electron chi connectivity index (χ4n) is 2.36. The molecule has 0 aromatic carbocycles. The van der Waals surface area contributed by atoms with E-state index in [9.17, 15) is 5.11 Å². The first-order chi connectivity index (χ1) is 8.74. The van der Waals surface area contributed by atoms with Crippen LogP contribution in [0.25, 0.3) is 0 Å². The summed E-state index contributed by atoms with van der Waals surface area (Å²) in [5.41, 5.74) is 0.847. The van der Waals surface area contributed by atoms with Gasteiger partial charge in [0, 0.05) is 31.4 Å². The Kier molecular flexibility index (Phi) is 4.74. The molecule has 0 aliphatic carbocycles. The molecule has 1 aromatic rings. The normalized spacial score (nSPS) is 23.2. The van der Waals surface area contributed by atoms with Crippen LogP contribution in [0.4, 0.5) is 0 Å². The molecule has 0 saturated carbocycles. The van der Waals surface area contributed by atoms with Crippen LogP contribution >= 0.6 is 0 Å². The molecule has 2 unspecified atom stereocenters. The smallest absolute Gasteiger partial charge is 0.109 e. The summed E-state index contributed by atoms with van der Waals surface area (Å²) < 4.78 is 7.51. The van der Waals surface area contributed by atoms with Crippen LogP contribution in [-0.2, 0) is 11.3 Å². The summed E-state index contributed by atoms with van der Waals surface area (Å²) in [5.74, 6) is 0. The van der Waals surface area contributed by atoms with Crippen LogP contribution in [0.2, 0.25) is 0 Å². The van der Waals surface area contributed by atoms with Gasteiger partial charge in [-0.2, -0.15) is 5.10 Å². The highest BCUT2D eigenvalue weighted by Crippen LogP contribution is 2.22. The summed E-state index contributed by atoms with van der Waals surface area (Å²) in [6.45, 7) is 8.55. The molecule has 2 rings (SSSR count). The molecule has 0 radical (unpaired) electrons. The Labute approximate surface area is 108 Å². The topological polar surface area (TPSA) is 50.5 Å². The Morgan fingerprint density at radius 2 is 2.39 bits per heavy atom. The lowest BCUT2D eigenvalue weighted by Crippen LogP contribution is -2.45. The van der Waals surface area contributed by atoms with E-state index in [2.05, 4.69) is 16.9 Å². The standard InChI is InChI=1S/C13H23N3O2/c1-3-5-15-6-7-18-12(10-15)13(17)11-8-14-16(4-2)9-11/h8-9,12-13,17H,3-7,10H2,1-2H3. The zero-order valence-corrected chi connectivity index (χ0v) is 11.2. The maximum atomic E-state index is 10.3. The highest BCUT2D eigenvalue weighted by molar-refractivity contribution is 5.10. The number of hydrogen-bond donors (Lipinski definition) is 1. The molecular formula is C13H23N3O2. The van der Waals surface area contributed by atoms with Gasteiger partial charge in [0.1, 0.15) is 12.2 Å². The SMILES string of the molecule is CCCN1CCOC(C(O)c2cnn(CC)c2)C1. The van der Waals surface area contributed by atoms with Gasteiger partial charge in [-0.15, -0.1) is 0 Å². The van der Waals surface area contributed by atoms with E-state index < -0.39 is 6.10 Å². The van der Waals surface area contributed by atoms with Crippen molar-refractivity contribution in [1.82, 2.24) is 14.7 Å². The van der Waals surface area contributed by atoms with E-state index in [1.165, 1.54) is 0 Å². The average molecular weight is 253 g/mol. The Balaban J connectivity index is 1.97. The molecule has 0 bridgehead atoms. The van der Waals surface area contributed by atoms with Crippen molar-refractivity contribution in [2.24, 2.45) is 0 Å². The van der Waals surface area contributed by atoms with Gasteiger partial charge in [-0.3, -0.25) is 9.58 Å². The van der Waals surface area contributed by atoms with Crippen LogP contribution in [0, 0.1) is 0 Å². The zero-order chi connectivity index (χ0) is 13.0. The first-order valence-electron chi connectivity index (χ1n) is 6.79. The summed E-state index contributed by atoms with van der Waals surface area (Å²) >= 11 is 0. The lowest BCUT2D eigenvalue weighted by atomic mass is 10.1. The van der Waals surface area contributed by atoms with Crippen molar-refractivity contribution in [1.29, 1.82) is 0 Å². The number of aliphatic hydroxyl groups is 1. The molecule has 5 nitrogen and oxygen atoms in total. The molecule has 1 aliphatic rings. The van der Waals surface area contributed by atoms with Crippen molar-refractivity contribution < 1.29 is 9.84 Å². The maximum absolute atomic E-state index is 10.3. The first-order valence-corrected chi connectivity index (χ1v) is 6.79. The molecule has 1 aromatic heterocycles. The summed E-state index contributed by atoms with van der Waals surface area (Å²) in [5, 5.41) is 14.5. The van der Waals surface area contributed by atoms with Crippen molar-refractivity contribution in [3.8, 4) is 0 Å². The van der Waals surface area contributed by atoms with Gasteiger partial charge in [-0.1, -0.05) is 6.92 Å². The number of nitrogens with zero attached hydrogens (tertiary/aromatic N) is 3.